The molecule has 0 aliphatic carbocycles. The maximum atomic E-state index is 11.9. The van der Waals surface area contributed by atoms with Crippen LogP contribution in [0.1, 0.15) is 30.8 Å². The average Bonchev–Trinajstić information content (AvgIpc) is 2.98. The molecule has 2 aliphatic rings. The number of aryl methyl sites for hydroxylation is 1. The minimum absolute atomic E-state index is 0.153. The highest BCUT2D eigenvalue weighted by molar-refractivity contribution is 8.18. The maximum Gasteiger partial charge on any atom is 0.286 e. The second kappa shape index (κ2) is 5.25. The number of aliphatic imine (C=N–C) groups is 1. The number of furan rings is 1. The molecule has 100 valence electrons. The van der Waals surface area contributed by atoms with Crippen molar-refractivity contribution < 1.29 is 9.21 Å². The fraction of sp³-hybridized carbons (Fsp3) is 0.429. The molecule has 19 heavy (non-hydrogen) atoms. The molecule has 0 radical (unpaired) electrons. The minimum Gasteiger partial charge on any atom is -0.462 e. The molecule has 2 aliphatic heterocycles. The van der Waals surface area contributed by atoms with Crippen molar-refractivity contribution in [3.8, 4) is 0 Å². The summed E-state index contributed by atoms with van der Waals surface area (Å²) in [6.45, 7) is 3.90. The molecule has 1 fully saturated rings. The highest BCUT2D eigenvalue weighted by Crippen LogP contribution is 2.31. The summed E-state index contributed by atoms with van der Waals surface area (Å²) >= 11 is 1.46. The molecule has 3 heterocycles. The molecule has 0 aromatic carbocycles. The van der Waals surface area contributed by atoms with E-state index in [0.29, 0.717) is 10.7 Å². The summed E-state index contributed by atoms with van der Waals surface area (Å²) in [7, 11) is 0. The second-order valence-electron chi connectivity index (χ2n) is 4.81. The fourth-order valence-electron chi connectivity index (χ4n) is 2.28. The predicted molar refractivity (Wildman–Crippen MR) is 76.9 cm³/mol. The van der Waals surface area contributed by atoms with Gasteiger partial charge in [-0.15, -0.1) is 0 Å². The Hall–Kier alpha value is -1.49. The standard InChI is InChI=1S/C14H16N2O2S/c1-10-5-6-11(18-10)9-12-13(17)15-14(19-12)16-7-3-2-4-8-16/h5-6,9H,2-4,7-8H2,1H3/b12-9-. The van der Waals surface area contributed by atoms with Crippen LogP contribution in [0.25, 0.3) is 6.08 Å². The van der Waals surface area contributed by atoms with Crippen LogP contribution in [0.4, 0.5) is 0 Å². The van der Waals surface area contributed by atoms with E-state index in [1.54, 1.807) is 6.08 Å². The van der Waals surface area contributed by atoms with Crippen LogP contribution in [0.3, 0.4) is 0 Å². The summed E-state index contributed by atoms with van der Waals surface area (Å²) in [5.74, 6) is 1.41. The van der Waals surface area contributed by atoms with Crippen molar-refractivity contribution in [2.75, 3.05) is 13.1 Å². The van der Waals surface area contributed by atoms with Crippen molar-refractivity contribution in [1.29, 1.82) is 0 Å². The summed E-state index contributed by atoms with van der Waals surface area (Å²) in [5, 5.41) is 0.847. The summed E-state index contributed by atoms with van der Waals surface area (Å²) in [4.78, 5) is 18.9. The van der Waals surface area contributed by atoms with E-state index < -0.39 is 0 Å². The van der Waals surface area contributed by atoms with E-state index in [2.05, 4.69) is 9.89 Å². The van der Waals surface area contributed by atoms with Crippen molar-refractivity contribution >= 4 is 28.9 Å². The van der Waals surface area contributed by atoms with Gasteiger partial charge in [0.05, 0.1) is 4.91 Å². The molecule has 4 nitrogen and oxygen atoms in total. The average molecular weight is 276 g/mol. The third-order valence-corrected chi connectivity index (χ3v) is 4.31. The van der Waals surface area contributed by atoms with Crippen LogP contribution in [0.15, 0.2) is 26.4 Å². The van der Waals surface area contributed by atoms with Gasteiger partial charge in [0.25, 0.3) is 5.91 Å². The van der Waals surface area contributed by atoms with Crippen molar-refractivity contribution in [1.82, 2.24) is 4.90 Å². The Bertz CT molecular complexity index is 554. The monoisotopic (exact) mass is 276 g/mol. The molecule has 0 unspecified atom stereocenters. The number of amidine groups is 1. The number of piperidine rings is 1. The summed E-state index contributed by atoms with van der Waals surface area (Å²) in [5.41, 5.74) is 0. The maximum absolute atomic E-state index is 11.9. The SMILES string of the molecule is Cc1ccc(/C=C2\SC(N3CCCCC3)=NC2=O)o1. The van der Waals surface area contributed by atoms with E-state index in [9.17, 15) is 4.79 Å². The lowest BCUT2D eigenvalue weighted by Crippen LogP contribution is -2.33. The first-order valence-corrected chi connectivity index (χ1v) is 7.38. The molecule has 1 aromatic heterocycles. The number of hydrogen-bond acceptors (Lipinski definition) is 4. The number of nitrogens with zero attached hydrogens (tertiary/aromatic N) is 2. The predicted octanol–water partition coefficient (Wildman–Crippen LogP) is 3.04. The molecule has 1 saturated heterocycles. The Morgan fingerprint density at radius 2 is 2.11 bits per heavy atom. The number of carbonyl (C=O) groups excluding carboxylic acids is 1. The van der Waals surface area contributed by atoms with Gasteiger partial charge in [0.1, 0.15) is 11.5 Å². The molecular weight excluding hydrogens is 260 g/mol. The Kier molecular flexibility index (Phi) is 3.46. The van der Waals surface area contributed by atoms with E-state index >= 15 is 0 Å². The van der Waals surface area contributed by atoms with Crippen molar-refractivity contribution in [3.63, 3.8) is 0 Å². The normalized spacial score (nSPS) is 22.2. The lowest BCUT2D eigenvalue weighted by atomic mass is 10.1. The van der Waals surface area contributed by atoms with Crippen LogP contribution in [0.2, 0.25) is 0 Å². The van der Waals surface area contributed by atoms with Crippen molar-refractivity contribution in [3.05, 3.63) is 28.6 Å². The lowest BCUT2D eigenvalue weighted by Gasteiger charge is -2.27. The quantitative estimate of drug-likeness (QED) is 0.740. The van der Waals surface area contributed by atoms with Crippen LogP contribution in [-0.2, 0) is 4.79 Å². The van der Waals surface area contributed by atoms with Gasteiger partial charge < -0.3 is 9.32 Å². The number of rotatable bonds is 1. The Labute approximate surface area is 116 Å². The third-order valence-electron chi connectivity index (χ3n) is 3.27. The molecule has 0 saturated carbocycles. The first-order valence-electron chi connectivity index (χ1n) is 6.56. The van der Waals surface area contributed by atoms with Crippen LogP contribution >= 0.6 is 11.8 Å². The summed E-state index contributed by atoms with van der Waals surface area (Å²) < 4.78 is 5.47. The van der Waals surface area contributed by atoms with E-state index in [1.807, 2.05) is 19.1 Å². The van der Waals surface area contributed by atoms with Crippen LogP contribution < -0.4 is 0 Å². The van der Waals surface area contributed by atoms with Gasteiger partial charge in [-0.25, -0.2) is 0 Å². The largest absolute Gasteiger partial charge is 0.462 e. The van der Waals surface area contributed by atoms with Gasteiger partial charge in [-0.2, -0.15) is 4.99 Å². The van der Waals surface area contributed by atoms with Gasteiger partial charge in [0, 0.05) is 19.2 Å². The van der Waals surface area contributed by atoms with Crippen LogP contribution in [0.5, 0.6) is 0 Å². The third kappa shape index (κ3) is 2.76. The molecule has 5 heteroatoms. The Morgan fingerprint density at radius 3 is 2.79 bits per heavy atom. The Morgan fingerprint density at radius 1 is 1.32 bits per heavy atom. The van der Waals surface area contributed by atoms with Crippen molar-refractivity contribution in [2.45, 2.75) is 26.2 Å². The zero-order valence-electron chi connectivity index (χ0n) is 10.9. The van der Waals surface area contributed by atoms with E-state index in [0.717, 1.165) is 24.0 Å². The molecule has 0 atom stereocenters. The Balaban J connectivity index is 1.74. The van der Waals surface area contributed by atoms with Crippen molar-refractivity contribution in [2.24, 2.45) is 4.99 Å². The molecule has 3 rings (SSSR count). The van der Waals surface area contributed by atoms with Crippen LogP contribution in [-0.4, -0.2) is 29.1 Å². The van der Waals surface area contributed by atoms with Gasteiger partial charge in [-0.3, -0.25) is 4.79 Å². The fourth-order valence-corrected chi connectivity index (χ4v) is 3.22. The minimum atomic E-state index is -0.153. The van der Waals surface area contributed by atoms with Gasteiger partial charge >= 0.3 is 0 Å². The molecule has 1 aromatic rings. The number of carbonyl (C=O) groups is 1. The molecule has 1 amide bonds. The highest BCUT2D eigenvalue weighted by atomic mass is 32.2. The summed E-state index contributed by atoms with van der Waals surface area (Å²) in [6.07, 6.45) is 5.42. The zero-order valence-corrected chi connectivity index (χ0v) is 11.7. The van der Waals surface area contributed by atoms with Gasteiger partial charge in [-0.05, 0) is 50.1 Å². The zero-order chi connectivity index (χ0) is 13.2. The first-order chi connectivity index (χ1) is 9.22. The molecule has 0 bridgehead atoms. The summed E-state index contributed by atoms with van der Waals surface area (Å²) in [6, 6.07) is 3.76. The number of hydrogen-bond donors (Lipinski definition) is 0. The topological polar surface area (TPSA) is 45.8 Å². The molecule has 0 N–H and O–H groups in total. The number of amides is 1. The number of likely N-dealkylation sites (tertiary alicyclic amines) is 1. The highest BCUT2D eigenvalue weighted by Gasteiger charge is 2.27. The molecule has 0 spiro atoms. The lowest BCUT2D eigenvalue weighted by molar-refractivity contribution is -0.113. The number of thioether (sulfide) groups is 1. The van der Waals surface area contributed by atoms with Gasteiger partial charge in [-0.1, -0.05) is 0 Å². The second-order valence-corrected chi connectivity index (χ2v) is 5.82. The van der Waals surface area contributed by atoms with Crippen LogP contribution in [0, 0.1) is 6.92 Å². The van der Waals surface area contributed by atoms with E-state index in [4.69, 9.17) is 4.42 Å². The smallest absolute Gasteiger partial charge is 0.286 e. The van der Waals surface area contributed by atoms with Gasteiger partial charge in [0.2, 0.25) is 0 Å². The van der Waals surface area contributed by atoms with E-state index in [1.165, 1.54) is 31.0 Å². The van der Waals surface area contributed by atoms with Gasteiger partial charge in [0.15, 0.2) is 5.17 Å². The first kappa shape index (κ1) is 12.5. The molecular formula is C14H16N2O2S. The van der Waals surface area contributed by atoms with E-state index in [-0.39, 0.29) is 5.91 Å².